The van der Waals surface area contributed by atoms with E-state index in [9.17, 15) is 8.78 Å². The monoisotopic (exact) mass is 326 g/mol. The summed E-state index contributed by atoms with van der Waals surface area (Å²) in [6.45, 7) is 2.40. The van der Waals surface area contributed by atoms with Crippen LogP contribution in [0.1, 0.15) is 11.1 Å². The van der Waals surface area contributed by atoms with Crippen LogP contribution in [0.25, 0.3) is 0 Å². The van der Waals surface area contributed by atoms with Gasteiger partial charge in [-0.3, -0.25) is 0 Å². The van der Waals surface area contributed by atoms with Crippen molar-refractivity contribution in [3.8, 4) is 0 Å². The van der Waals surface area contributed by atoms with E-state index in [1.165, 1.54) is 24.4 Å². The predicted octanol–water partition coefficient (Wildman–Crippen LogP) is 4.09. The summed E-state index contributed by atoms with van der Waals surface area (Å²) in [7, 11) is 0. The number of aromatic nitrogens is 1. The molecule has 0 aliphatic heterocycles. The SMILES string of the molecule is Cc1cc(F)ccc1CCNc1ncc(Br)cc1F. The van der Waals surface area contributed by atoms with Gasteiger partial charge in [-0.05, 0) is 58.6 Å². The molecule has 2 aromatic rings. The van der Waals surface area contributed by atoms with Crippen LogP contribution in [0, 0.1) is 18.6 Å². The Hall–Kier alpha value is -1.49. The van der Waals surface area contributed by atoms with Crippen LogP contribution < -0.4 is 5.32 Å². The lowest BCUT2D eigenvalue weighted by molar-refractivity contribution is 0.623. The van der Waals surface area contributed by atoms with Crippen LogP contribution in [0.5, 0.6) is 0 Å². The van der Waals surface area contributed by atoms with Crippen molar-refractivity contribution in [3.05, 3.63) is 57.7 Å². The number of nitrogens with zero attached hydrogens (tertiary/aromatic N) is 1. The highest BCUT2D eigenvalue weighted by Gasteiger charge is 2.04. The number of halogens is 3. The summed E-state index contributed by atoms with van der Waals surface area (Å²) in [4.78, 5) is 3.95. The Labute approximate surface area is 119 Å². The van der Waals surface area contributed by atoms with E-state index in [4.69, 9.17) is 0 Å². The van der Waals surface area contributed by atoms with Crippen molar-refractivity contribution < 1.29 is 8.78 Å². The molecule has 0 spiro atoms. The van der Waals surface area contributed by atoms with Crippen molar-refractivity contribution in [1.29, 1.82) is 0 Å². The van der Waals surface area contributed by atoms with Crippen molar-refractivity contribution in [1.82, 2.24) is 4.98 Å². The second-order valence-electron chi connectivity index (χ2n) is 4.23. The smallest absolute Gasteiger partial charge is 0.166 e. The van der Waals surface area contributed by atoms with E-state index in [1.54, 1.807) is 6.07 Å². The number of nitrogens with one attached hydrogen (secondary N) is 1. The molecule has 0 aliphatic carbocycles. The summed E-state index contributed by atoms with van der Waals surface area (Å²) in [5, 5.41) is 2.93. The van der Waals surface area contributed by atoms with Gasteiger partial charge >= 0.3 is 0 Å². The van der Waals surface area contributed by atoms with Gasteiger partial charge in [-0.2, -0.15) is 0 Å². The molecule has 0 unspecified atom stereocenters. The Bertz CT molecular complexity index is 536. The molecule has 5 heteroatoms. The van der Waals surface area contributed by atoms with E-state index < -0.39 is 5.82 Å². The molecule has 0 saturated carbocycles. The second-order valence-corrected chi connectivity index (χ2v) is 5.15. The van der Waals surface area contributed by atoms with E-state index in [0.717, 1.165) is 11.1 Å². The highest BCUT2D eigenvalue weighted by atomic mass is 79.9. The molecule has 1 aromatic carbocycles. The predicted molar refractivity (Wildman–Crippen MR) is 75.2 cm³/mol. The minimum absolute atomic E-state index is 0.225. The van der Waals surface area contributed by atoms with Crippen LogP contribution >= 0.6 is 15.9 Å². The molecule has 0 aliphatic rings. The molecule has 1 heterocycles. The molecular formula is C14H13BrF2N2. The number of benzene rings is 1. The number of pyridine rings is 1. The second kappa shape index (κ2) is 6.10. The Balaban J connectivity index is 1.96. The summed E-state index contributed by atoms with van der Waals surface area (Å²) >= 11 is 3.15. The van der Waals surface area contributed by atoms with Gasteiger partial charge in [-0.1, -0.05) is 6.07 Å². The van der Waals surface area contributed by atoms with E-state index in [-0.39, 0.29) is 11.6 Å². The lowest BCUT2D eigenvalue weighted by Gasteiger charge is -2.08. The number of hydrogen-bond donors (Lipinski definition) is 1. The standard InChI is InChI=1S/C14H13BrF2N2/c1-9-6-12(16)3-2-10(9)4-5-18-14-13(17)7-11(15)8-19-14/h2-3,6-8H,4-5H2,1H3,(H,18,19). The van der Waals surface area contributed by atoms with Crippen LogP contribution in [-0.2, 0) is 6.42 Å². The Morgan fingerprint density at radius 3 is 2.74 bits per heavy atom. The topological polar surface area (TPSA) is 24.9 Å². The summed E-state index contributed by atoms with van der Waals surface area (Å²) in [6.07, 6.45) is 2.22. The van der Waals surface area contributed by atoms with Gasteiger partial charge in [-0.15, -0.1) is 0 Å². The van der Waals surface area contributed by atoms with E-state index in [1.807, 2.05) is 6.92 Å². The molecule has 0 saturated heterocycles. The molecule has 0 atom stereocenters. The number of anilines is 1. The number of rotatable bonds is 4. The fourth-order valence-corrected chi connectivity index (χ4v) is 2.10. The first kappa shape index (κ1) is 13.9. The minimum atomic E-state index is -0.398. The maximum absolute atomic E-state index is 13.5. The van der Waals surface area contributed by atoms with Gasteiger partial charge in [0, 0.05) is 17.2 Å². The van der Waals surface area contributed by atoms with E-state index >= 15 is 0 Å². The highest BCUT2D eigenvalue weighted by molar-refractivity contribution is 9.10. The zero-order chi connectivity index (χ0) is 13.8. The lowest BCUT2D eigenvalue weighted by atomic mass is 10.1. The third kappa shape index (κ3) is 3.73. The third-order valence-electron chi connectivity index (χ3n) is 2.80. The normalized spacial score (nSPS) is 10.5. The van der Waals surface area contributed by atoms with Gasteiger partial charge in [0.15, 0.2) is 11.6 Å². The van der Waals surface area contributed by atoms with Crippen LogP contribution in [0.2, 0.25) is 0 Å². The maximum atomic E-state index is 13.5. The quantitative estimate of drug-likeness (QED) is 0.915. The molecule has 100 valence electrons. The van der Waals surface area contributed by atoms with Crippen molar-refractivity contribution in [2.45, 2.75) is 13.3 Å². The van der Waals surface area contributed by atoms with E-state index in [2.05, 4.69) is 26.2 Å². The summed E-state index contributed by atoms with van der Waals surface area (Å²) in [5.74, 6) is -0.414. The Morgan fingerprint density at radius 1 is 1.26 bits per heavy atom. The first-order chi connectivity index (χ1) is 9.06. The maximum Gasteiger partial charge on any atom is 0.166 e. The van der Waals surface area contributed by atoms with Gasteiger partial charge in [0.1, 0.15) is 5.82 Å². The van der Waals surface area contributed by atoms with Gasteiger partial charge in [0.05, 0.1) is 0 Å². The molecule has 0 fully saturated rings. The molecule has 1 N–H and O–H groups in total. The molecule has 0 radical (unpaired) electrons. The van der Waals surface area contributed by atoms with Crippen molar-refractivity contribution in [2.24, 2.45) is 0 Å². The van der Waals surface area contributed by atoms with Crippen molar-refractivity contribution in [2.75, 3.05) is 11.9 Å². The van der Waals surface area contributed by atoms with E-state index in [0.29, 0.717) is 17.4 Å². The van der Waals surface area contributed by atoms with Crippen LogP contribution in [0.4, 0.5) is 14.6 Å². The summed E-state index contributed by atoms with van der Waals surface area (Å²) < 4.78 is 27.1. The molecule has 0 amide bonds. The Morgan fingerprint density at radius 2 is 2.05 bits per heavy atom. The molecule has 0 bridgehead atoms. The van der Waals surface area contributed by atoms with Gasteiger partial charge < -0.3 is 5.32 Å². The fraction of sp³-hybridized carbons (Fsp3) is 0.214. The minimum Gasteiger partial charge on any atom is -0.367 e. The first-order valence-electron chi connectivity index (χ1n) is 5.86. The number of hydrogen-bond acceptors (Lipinski definition) is 2. The van der Waals surface area contributed by atoms with Gasteiger partial charge in [-0.25, -0.2) is 13.8 Å². The van der Waals surface area contributed by atoms with Crippen LogP contribution in [0.3, 0.4) is 0 Å². The van der Waals surface area contributed by atoms with Gasteiger partial charge in [0.2, 0.25) is 0 Å². The molecule has 19 heavy (non-hydrogen) atoms. The zero-order valence-electron chi connectivity index (χ0n) is 10.4. The van der Waals surface area contributed by atoms with Crippen LogP contribution in [0.15, 0.2) is 34.9 Å². The third-order valence-corrected chi connectivity index (χ3v) is 3.23. The first-order valence-corrected chi connectivity index (χ1v) is 6.65. The summed E-state index contributed by atoms with van der Waals surface area (Å²) in [6, 6.07) is 6.03. The largest absolute Gasteiger partial charge is 0.367 e. The fourth-order valence-electron chi connectivity index (χ4n) is 1.80. The Kier molecular flexibility index (Phi) is 4.47. The lowest BCUT2D eigenvalue weighted by Crippen LogP contribution is -2.08. The molecule has 2 rings (SSSR count). The number of aryl methyl sites for hydroxylation is 1. The summed E-state index contributed by atoms with van der Waals surface area (Å²) in [5.41, 5.74) is 1.93. The highest BCUT2D eigenvalue weighted by Crippen LogP contribution is 2.16. The van der Waals surface area contributed by atoms with Crippen LogP contribution in [-0.4, -0.2) is 11.5 Å². The van der Waals surface area contributed by atoms with Crippen molar-refractivity contribution in [3.63, 3.8) is 0 Å². The zero-order valence-corrected chi connectivity index (χ0v) is 12.0. The van der Waals surface area contributed by atoms with Gasteiger partial charge in [0.25, 0.3) is 0 Å². The van der Waals surface area contributed by atoms with Crippen molar-refractivity contribution >= 4 is 21.7 Å². The molecular weight excluding hydrogens is 314 g/mol. The average Bonchev–Trinajstić information content (AvgIpc) is 2.34. The molecule has 2 nitrogen and oxygen atoms in total. The molecule has 1 aromatic heterocycles. The average molecular weight is 327 g/mol.